The molecule has 0 saturated carbocycles. The quantitative estimate of drug-likeness (QED) is 0.148. The van der Waals surface area contributed by atoms with E-state index in [-0.39, 0.29) is 23.8 Å². The van der Waals surface area contributed by atoms with Crippen molar-refractivity contribution in [2.45, 2.75) is 0 Å². The van der Waals surface area contributed by atoms with Crippen molar-refractivity contribution in [2.24, 2.45) is 11.5 Å². The topological polar surface area (TPSA) is 69.1 Å². The fourth-order valence-corrected chi connectivity index (χ4v) is 0. The van der Waals surface area contributed by atoms with Crippen LogP contribution in [0, 0.1) is 0 Å². The third-order valence-electron chi connectivity index (χ3n) is 0. The molecule has 0 aromatic rings. The van der Waals surface area contributed by atoms with E-state index in [4.69, 9.17) is 4.79 Å². The van der Waals surface area contributed by atoms with Crippen molar-refractivity contribution in [3.05, 3.63) is 13.2 Å². The van der Waals surface area contributed by atoms with Gasteiger partial charge in [0.1, 0.15) is 0 Å². The maximum absolute atomic E-state index is 8.46. The van der Waals surface area contributed by atoms with Crippen molar-refractivity contribution in [1.82, 2.24) is 0 Å². The third kappa shape index (κ3) is 119000. The summed E-state index contributed by atoms with van der Waals surface area (Å²) in [6.45, 7) is 6.00. The van der Waals surface area contributed by atoms with Gasteiger partial charge in [-0.25, -0.2) is 0 Å². The molecule has 4 N–H and O–H groups in total. The molecule has 10 heavy (non-hydrogen) atoms. The fourth-order valence-electron chi connectivity index (χ4n) is 0. The molecule has 0 aliphatic rings. The van der Waals surface area contributed by atoms with E-state index in [1.807, 2.05) is 0 Å². The zero-order valence-electron chi connectivity index (χ0n) is 5.50. The van der Waals surface area contributed by atoms with E-state index in [1.54, 1.807) is 0 Å². The summed E-state index contributed by atoms with van der Waals surface area (Å²) in [5.74, 6) is 0. The van der Waals surface area contributed by atoms with Crippen LogP contribution in [0.5, 0.6) is 0 Å². The van der Waals surface area contributed by atoms with Gasteiger partial charge in [-0.05, 0) is 0 Å². The molecule has 0 radical (unpaired) electrons. The molecule has 0 aromatic carbocycles. The van der Waals surface area contributed by atoms with Crippen molar-refractivity contribution in [3.8, 4) is 0 Å². The maximum atomic E-state index is 8.46. The van der Waals surface area contributed by atoms with Crippen molar-refractivity contribution in [2.75, 3.05) is 0 Å². The molecular formula is C4H8N2OS2Zn. The average Bonchev–Trinajstić information content (AvgIpc) is 1.71. The Hall–Kier alpha value is -0.0566. The van der Waals surface area contributed by atoms with Crippen LogP contribution in [0.25, 0.3) is 0 Å². The van der Waals surface area contributed by atoms with Gasteiger partial charge in [-0.1, -0.05) is 4.32 Å². The van der Waals surface area contributed by atoms with Gasteiger partial charge in [0, 0.05) is 0 Å². The fraction of sp³-hybridized carbons (Fsp3) is 0. The van der Waals surface area contributed by atoms with Gasteiger partial charge in [0.05, 0.1) is 0 Å². The van der Waals surface area contributed by atoms with Crippen LogP contribution < -0.4 is 11.5 Å². The maximum Gasteiger partial charge on any atom is 2.00 e. The molecule has 0 fully saturated rings. The molecule has 54 valence electrons. The zero-order valence-corrected chi connectivity index (χ0v) is 10.1. The SMILES string of the molecule is C=C.NC(=S)[S-].N[C-]=O.[Zn+2]. The Labute approximate surface area is 84.4 Å². The van der Waals surface area contributed by atoms with Crippen LogP contribution in [0.4, 0.5) is 0 Å². The van der Waals surface area contributed by atoms with Crippen molar-refractivity contribution < 1.29 is 24.3 Å². The van der Waals surface area contributed by atoms with Crippen LogP contribution in [-0.4, -0.2) is 10.7 Å². The second-order valence-corrected chi connectivity index (χ2v) is 1.57. The second kappa shape index (κ2) is 36.3. The van der Waals surface area contributed by atoms with Gasteiger partial charge >= 0.3 is 19.5 Å². The summed E-state index contributed by atoms with van der Waals surface area (Å²) in [6, 6.07) is 0. The summed E-state index contributed by atoms with van der Waals surface area (Å²) in [5, 5.41) is 0. The number of nitrogens with two attached hydrogens (primary N) is 2. The Kier molecular flexibility index (Phi) is 81.7. The number of hydrogen-bond acceptors (Lipinski definition) is 3. The molecule has 1 amide bonds. The van der Waals surface area contributed by atoms with Crippen LogP contribution in [0.15, 0.2) is 13.2 Å². The molecule has 0 bridgehead atoms. The van der Waals surface area contributed by atoms with Gasteiger partial charge in [0.25, 0.3) is 0 Å². The predicted molar refractivity (Wildman–Crippen MR) is 45.3 cm³/mol. The molecule has 0 unspecified atom stereocenters. The number of amides is 1. The molecule has 0 heterocycles. The van der Waals surface area contributed by atoms with Crippen LogP contribution >= 0.6 is 12.2 Å². The van der Waals surface area contributed by atoms with Crippen molar-refractivity contribution in [3.63, 3.8) is 0 Å². The summed E-state index contributed by atoms with van der Waals surface area (Å²) in [6.07, 6.45) is 1.00. The van der Waals surface area contributed by atoms with Gasteiger partial charge in [-0.3, -0.25) is 0 Å². The van der Waals surface area contributed by atoms with Crippen LogP contribution in [0.1, 0.15) is 0 Å². The van der Waals surface area contributed by atoms with E-state index < -0.39 is 0 Å². The largest absolute Gasteiger partial charge is 2.00 e. The normalized spacial score (nSPS) is 4.00. The minimum atomic E-state index is 0. The summed E-state index contributed by atoms with van der Waals surface area (Å²) >= 11 is 8.26. The molecule has 0 atom stereocenters. The Morgan fingerprint density at radius 1 is 1.60 bits per heavy atom. The number of primary amides is 1. The minimum Gasteiger partial charge on any atom is -0.543 e. The van der Waals surface area contributed by atoms with Gasteiger partial charge < -0.3 is 41.1 Å². The Morgan fingerprint density at radius 2 is 1.60 bits per heavy atom. The van der Waals surface area contributed by atoms with Crippen molar-refractivity contribution in [1.29, 1.82) is 0 Å². The van der Waals surface area contributed by atoms with Gasteiger partial charge in [0.2, 0.25) is 0 Å². The minimum absolute atomic E-state index is 0. The first-order valence-corrected chi connectivity index (χ1v) is 2.51. The molecule has 0 saturated heterocycles. The molecule has 0 aliphatic heterocycles. The van der Waals surface area contributed by atoms with E-state index in [0.717, 1.165) is 6.41 Å². The first kappa shape index (κ1) is 22.5. The summed E-state index contributed by atoms with van der Waals surface area (Å²) < 4.78 is 0.0833. The van der Waals surface area contributed by atoms with Crippen molar-refractivity contribution >= 4 is 35.6 Å². The van der Waals surface area contributed by atoms with Crippen LogP contribution in [0.2, 0.25) is 0 Å². The summed E-state index contributed by atoms with van der Waals surface area (Å²) in [5.41, 5.74) is 8.70. The Morgan fingerprint density at radius 3 is 1.60 bits per heavy atom. The predicted octanol–water partition coefficient (Wildman–Crippen LogP) is -0.411. The van der Waals surface area contributed by atoms with E-state index in [1.165, 1.54) is 0 Å². The average molecular weight is 230 g/mol. The van der Waals surface area contributed by atoms with Crippen LogP contribution in [-0.2, 0) is 36.9 Å². The number of thiocarbonyl (C=S) groups is 1. The summed E-state index contributed by atoms with van der Waals surface area (Å²) in [7, 11) is 0. The molecule has 0 aromatic heterocycles. The molecular weight excluding hydrogens is 222 g/mol. The van der Waals surface area contributed by atoms with Gasteiger partial charge in [-0.15, -0.1) is 13.2 Å². The van der Waals surface area contributed by atoms with E-state index >= 15 is 0 Å². The number of hydrogen-bond donors (Lipinski definition) is 2. The molecule has 0 aliphatic carbocycles. The van der Waals surface area contributed by atoms with Crippen LogP contribution in [0.3, 0.4) is 0 Å². The van der Waals surface area contributed by atoms with Gasteiger partial charge in [-0.2, -0.15) is 6.41 Å². The summed E-state index contributed by atoms with van der Waals surface area (Å²) in [4.78, 5) is 8.46. The Balaban J connectivity index is -0.0000000273. The smallest absolute Gasteiger partial charge is 0.543 e. The molecule has 0 spiro atoms. The zero-order chi connectivity index (χ0) is 8.28. The number of rotatable bonds is 0. The monoisotopic (exact) mass is 228 g/mol. The standard InChI is InChI=1S/C2H4.CH2NO.CH3NS2.Zn/c1-2;2-1-3;2-1(3)4;/h1-2H2;(H2,2,3);(H3,2,3,4);/q;-1;;+2/p-1. The first-order valence-electron chi connectivity index (χ1n) is 1.69. The van der Waals surface area contributed by atoms with E-state index in [9.17, 15) is 0 Å². The number of carbonyl (C=O) groups excluding carboxylic acids is 1. The molecule has 3 nitrogen and oxygen atoms in total. The second-order valence-electron chi connectivity index (χ2n) is 0.437. The van der Waals surface area contributed by atoms with E-state index in [0.29, 0.717) is 0 Å². The molecule has 0 rings (SSSR count). The third-order valence-corrected chi connectivity index (χ3v) is 0. The van der Waals surface area contributed by atoms with Gasteiger partial charge in [0.15, 0.2) is 0 Å². The Bertz CT molecular complexity index is 77.7. The first-order chi connectivity index (χ1) is 4.15. The van der Waals surface area contributed by atoms with E-state index in [2.05, 4.69) is 49.5 Å². The molecule has 6 heteroatoms.